The number of carbonyl (C=O) groups is 1. The summed E-state index contributed by atoms with van der Waals surface area (Å²) in [5.74, 6) is 0.578. The maximum atomic E-state index is 11.7. The highest BCUT2D eigenvalue weighted by Gasteiger charge is 2.17. The highest BCUT2D eigenvalue weighted by atomic mass is 16.5. The summed E-state index contributed by atoms with van der Waals surface area (Å²) in [6.45, 7) is 12.2. The van der Waals surface area contributed by atoms with E-state index >= 15 is 0 Å². The summed E-state index contributed by atoms with van der Waals surface area (Å²) >= 11 is 0. The van der Waals surface area contributed by atoms with Crippen molar-refractivity contribution in [3.8, 4) is 5.75 Å². The zero-order chi connectivity index (χ0) is 14.5. The van der Waals surface area contributed by atoms with Crippen LogP contribution in [0, 0.1) is 0 Å². The second-order valence-corrected chi connectivity index (χ2v) is 5.57. The first kappa shape index (κ1) is 15.3. The van der Waals surface area contributed by atoms with E-state index in [0.29, 0.717) is 12.3 Å². The summed E-state index contributed by atoms with van der Waals surface area (Å²) in [6, 6.07) is 7.86. The molecule has 0 heterocycles. The van der Waals surface area contributed by atoms with E-state index < -0.39 is 6.10 Å². The molecule has 0 radical (unpaired) electrons. The lowest BCUT2D eigenvalue weighted by atomic mass is 9.87. The van der Waals surface area contributed by atoms with Gasteiger partial charge in [0.1, 0.15) is 5.75 Å². The first-order valence-corrected chi connectivity index (χ1v) is 6.50. The Morgan fingerprint density at radius 1 is 1.47 bits per heavy atom. The molecule has 3 heteroatoms. The van der Waals surface area contributed by atoms with Crippen LogP contribution in [0.25, 0.3) is 0 Å². The van der Waals surface area contributed by atoms with Gasteiger partial charge < -0.3 is 10.1 Å². The van der Waals surface area contributed by atoms with Crippen LogP contribution >= 0.6 is 0 Å². The van der Waals surface area contributed by atoms with Crippen molar-refractivity contribution in [2.24, 2.45) is 0 Å². The maximum absolute atomic E-state index is 11.7. The molecule has 0 unspecified atom stereocenters. The molecule has 0 aromatic heterocycles. The van der Waals surface area contributed by atoms with Gasteiger partial charge in [0.05, 0.1) is 0 Å². The van der Waals surface area contributed by atoms with Crippen LogP contribution in [0.15, 0.2) is 36.9 Å². The molecule has 1 rings (SSSR count). The predicted molar refractivity (Wildman–Crippen MR) is 78.4 cm³/mol. The van der Waals surface area contributed by atoms with Gasteiger partial charge in [-0.15, -0.1) is 6.58 Å². The van der Waals surface area contributed by atoms with E-state index in [2.05, 4.69) is 38.7 Å². The quantitative estimate of drug-likeness (QED) is 0.827. The van der Waals surface area contributed by atoms with Crippen molar-refractivity contribution in [1.82, 2.24) is 5.32 Å². The number of hydrogen-bond acceptors (Lipinski definition) is 2. The molecule has 1 aromatic carbocycles. The van der Waals surface area contributed by atoms with Gasteiger partial charge in [-0.1, -0.05) is 39.0 Å². The molecule has 1 atom stereocenters. The molecule has 0 saturated heterocycles. The summed E-state index contributed by atoms with van der Waals surface area (Å²) < 4.78 is 5.66. The van der Waals surface area contributed by atoms with Gasteiger partial charge in [0, 0.05) is 6.54 Å². The Bertz CT molecular complexity index is 446. The van der Waals surface area contributed by atoms with E-state index in [9.17, 15) is 4.79 Å². The van der Waals surface area contributed by atoms with Crippen molar-refractivity contribution < 1.29 is 9.53 Å². The Hall–Kier alpha value is -1.77. The SMILES string of the molecule is C=CCNC(=O)[C@@H](C)Oc1cccc(C(C)(C)C)c1. The van der Waals surface area contributed by atoms with Crippen molar-refractivity contribution >= 4 is 5.91 Å². The average molecular weight is 261 g/mol. The number of rotatable bonds is 5. The molecule has 0 aliphatic rings. The summed E-state index contributed by atoms with van der Waals surface area (Å²) in [7, 11) is 0. The first-order valence-electron chi connectivity index (χ1n) is 6.50. The number of ether oxygens (including phenoxy) is 1. The molecule has 0 aliphatic carbocycles. The minimum atomic E-state index is -0.518. The fourth-order valence-electron chi connectivity index (χ4n) is 1.61. The molecule has 0 spiro atoms. The Labute approximate surface area is 115 Å². The van der Waals surface area contributed by atoms with Crippen LogP contribution in [0.2, 0.25) is 0 Å². The number of benzene rings is 1. The molecule has 1 N–H and O–H groups in total. The number of carbonyl (C=O) groups excluding carboxylic acids is 1. The summed E-state index contributed by atoms with van der Waals surface area (Å²) in [5, 5.41) is 2.72. The maximum Gasteiger partial charge on any atom is 0.261 e. The molecule has 0 saturated carbocycles. The first-order chi connectivity index (χ1) is 8.84. The van der Waals surface area contributed by atoms with E-state index in [1.807, 2.05) is 18.2 Å². The lowest BCUT2D eigenvalue weighted by Gasteiger charge is -2.21. The monoisotopic (exact) mass is 261 g/mol. The fraction of sp³-hybridized carbons (Fsp3) is 0.438. The normalized spacial score (nSPS) is 12.6. The Morgan fingerprint density at radius 2 is 2.16 bits per heavy atom. The van der Waals surface area contributed by atoms with Crippen LogP contribution in [-0.4, -0.2) is 18.6 Å². The van der Waals surface area contributed by atoms with Crippen LogP contribution in [-0.2, 0) is 10.2 Å². The van der Waals surface area contributed by atoms with Gasteiger partial charge in [-0.25, -0.2) is 0 Å². The van der Waals surface area contributed by atoms with Crippen LogP contribution in [0.3, 0.4) is 0 Å². The number of amides is 1. The topological polar surface area (TPSA) is 38.3 Å². The molecule has 0 aliphatic heterocycles. The summed E-state index contributed by atoms with van der Waals surface area (Å²) in [6.07, 6.45) is 1.13. The molecule has 104 valence electrons. The van der Waals surface area contributed by atoms with Crippen molar-refractivity contribution in [3.05, 3.63) is 42.5 Å². The summed E-state index contributed by atoms with van der Waals surface area (Å²) in [5.41, 5.74) is 1.25. The Morgan fingerprint density at radius 3 is 2.74 bits per heavy atom. The molecule has 1 amide bonds. The van der Waals surface area contributed by atoms with Crippen molar-refractivity contribution in [2.75, 3.05) is 6.54 Å². The number of hydrogen-bond donors (Lipinski definition) is 1. The van der Waals surface area contributed by atoms with E-state index in [1.165, 1.54) is 5.56 Å². The predicted octanol–water partition coefficient (Wildman–Crippen LogP) is 3.05. The lowest BCUT2D eigenvalue weighted by Crippen LogP contribution is -2.36. The van der Waals surface area contributed by atoms with Crippen LogP contribution in [0.4, 0.5) is 0 Å². The third-order valence-electron chi connectivity index (χ3n) is 2.80. The third-order valence-corrected chi connectivity index (χ3v) is 2.80. The average Bonchev–Trinajstić information content (AvgIpc) is 2.35. The third kappa shape index (κ3) is 4.78. The standard InChI is InChI=1S/C16H23NO2/c1-6-10-17-15(18)12(2)19-14-9-7-8-13(11-14)16(3,4)5/h6-9,11-12H,1,10H2,2-5H3,(H,17,18)/t12-/m1/s1. The zero-order valence-corrected chi connectivity index (χ0v) is 12.2. The van der Waals surface area contributed by atoms with Gasteiger partial charge in [-0.2, -0.15) is 0 Å². The van der Waals surface area contributed by atoms with Crippen LogP contribution in [0.5, 0.6) is 5.75 Å². The van der Waals surface area contributed by atoms with Crippen molar-refractivity contribution in [1.29, 1.82) is 0 Å². The van der Waals surface area contributed by atoms with E-state index in [4.69, 9.17) is 4.74 Å². The fourth-order valence-corrected chi connectivity index (χ4v) is 1.61. The lowest BCUT2D eigenvalue weighted by molar-refractivity contribution is -0.127. The van der Waals surface area contributed by atoms with Gasteiger partial charge in [0.25, 0.3) is 5.91 Å². The molecule has 0 fully saturated rings. The van der Waals surface area contributed by atoms with Gasteiger partial charge in [-0.3, -0.25) is 4.79 Å². The van der Waals surface area contributed by atoms with Gasteiger partial charge in [0.15, 0.2) is 6.10 Å². The van der Waals surface area contributed by atoms with E-state index in [1.54, 1.807) is 13.0 Å². The van der Waals surface area contributed by atoms with Crippen molar-refractivity contribution in [3.63, 3.8) is 0 Å². The Kier molecular flexibility index (Phi) is 5.16. The van der Waals surface area contributed by atoms with Gasteiger partial charge >= 0.3 is 0 Å². The van der Waals surface area contributed by atoms with E-state index in [0.717, 1.165) is 0 Å². The molecule has 1 aromatic rings. The summed E-state index contributed by atoms with van der Waals surface area (Å²) in [4.78, 5) is 11.7. The highest BCUT2D eigenvalue weighted by Crippen LogP contribution is 2.25. The van der Waals surface area contributed by atoms with E-state index in [-0.39, 0.29) is 11.3 Å². The molecular formula is C16H23NO2. The highest BCUT2D eigenvalue weighted by molar-refractivity contribution is 5.80. The Balaban J connectivity index is 2.72. The molecular weight excluding hydrogens is 238 g/mol. The van der Waals surface area contributed by atoms with Gasteiger partial charge in [0.2, 0.25) is 0 Å². The second-order valence-electron chi connectivity index (χ2n) is 5.57. The smallest absolute Gasteiger partial charge is 0.261 e. The minimum Gasteiger partial charge on any atom is -0.481 e. The van der Waals surface area contributed by atoms with Crippen LogP contribution < -0.4 is 10.1 Å². The largest absolute Gasteiger partial charge is 0.481 e. The zero-order valence-electron chi connectivity index (χ0n) is 12.2. The number of nitrogens with one attached hydrogen (secondary N) is 1. The second kappa shape index (κ2) is 6.41. The molecule has 19 heavy (non-hydrogen) atoms. The van der Waals surface area contributed by atoms with Crippen LogP contribution in [0.1, 0.15) is 33.3 Å². The molecule has 0 bridgehead atoms. The van der Waals surface area contributed by atoms with Gasteiger partial charge in [-0.05, 0) is 30.0 Å². The molecule has 3 nitrogen and oxygen atoms in total. The van der Waals surface area contributed by atoms with Crippen molar-refractivity contribution in [2.45, 2.75) is 39.2 Å². The minimum absolute atomic E-state index is 0.0632.